The molecule has 1 saturated heterocycles. The zero-order valence-corrected chi connectivity index (χ0v) is 11.4. The molecule has 3 atom stereocenters. The lowest BCUT2D eigenvalue weighted by Gasteiger charge is -2.38. The van der Waals surface area contributed by atoms with Gasteiger partial charge in [-0.1, -0.05) is 25.4 Å². The Morgan fingerprint density at radius 1 is 1.53 bits per heavy atom. The van der Waals surface area contributed by atoms with Crippen molar-refractivity contribution in [2.24, 2.45) is 5.92 Å². The van der Waals surface area contributed by atoms with Crippen molar-refractivity contribution in [2.45, 2.75) is 45.8 Å². The molecule has 0 radical (unpaired) electrons. The third-order valence-corrected chi connectivity index (χ3v) is 3.72. The molecule has 104 valence electrons. The van der Waals surface area contributed by atoms with E-state index in [1.807, 2.05) is 13.8 Å². The molecule has 0 spiro atoms. The molecule has 19 heavy (non-hydrogen) atoms. The molecule has 2 amide bonds. The number of hydrogen-bond donors (Lipinski definition) is 1. The van der Waals surface area contributed by atoms with E-state index in [0.29, 0.717) is 5.76 Å². The van der Waals surface area contributed by atoms with E-state index >= 15 is 0 Å². The quantitative estimate of drug-likeness (QED) is 0.879. The molecule has 1 aliphatic heterocycles. The fourth-order valence-electron chi connectivity index (χ4n) is 2.17. The predicted octanol–water partition coefficient (Wildman–Crippen LogP) is 0.936. The molecule has 0 aliphatic carbocycles. The Labute approximate surface area is 112 Å². The predicted molar refractivity (Wildman–Crippen MR) is 67.9 cm³/mol. The fourth-order valence-corrected chi connectivity index (χ4v) is 2.17. The summed E-state index contributed by atoms with van der Waals surface area (Å²) < 4.78 is 5.01. The Balaban J connectivity index is 2.19. The van der Waals surface area contributed by atoms with Crippen LogP contribution in [0.3, 0.4) is 0 Å². The second-order valence-corrected chi connectivity index (χ2v) is 4.99. The molecule has 1 aromatic heterocycles. The minimum Gasteiger partial charge on any atom is -0.360 e. The van der Waals surface area contributed by atoms with Crippen LogP contribution in [0.15, 0.2) is 16.8 Å². The fraction of sp³-hybridized carbons (Fsp3) is 0.615. The molecule has 0 bridgehead atoms. The van der Waals surface area contributed by atoms with Gasteiger partial charge in [0.05, 0.1) is 12.7 Å². The largest absolute Gasteiger partial charge is 0.360 e. The molecule has 1 N–H and O–H groups in total. The summed E-state index contributed by atoms with van der Waals surface area (Å²) in [7, 11) is 0. The maximum Gasteiger partial charge on any atom is 0.246 e. The standard InChI is InChI=1S/C13H19N3O3/c1-4-8(2)11-13(18)16(9(3)12(17)15-11)7-10-5-6-14-19-10/h5-6,8-9,11H,4,7H2,1-3H3,(H,15,17). The van der Waals surface area contributed by atoms with Crippen LogP contribution in [0.1, 0.15) is 33.0 Å². The van der Waals surface area contributed by atoms with Crippen LogP contribution in [-0.4, -0.2) is 34.0 Å². The minimum absolute atomic E-state index is 0.0575. The lowest BCUT2D eigenvalue weighted by molar-refractivity contribution is -0.151. The van der Waals surface area contributed by atoms with Gasteiger partial charge in [0, 0.05) is 6.07 Å². The third-order valence-electron chi connectivity index (χ3n) is 3.72. The third kappa shape index (κ3) is 2.62. The Morgan fingerprint density at radius 2 is 2.26 bits per heavy atom. The number of hydrogen-bond acceptors (Lipinski definition) is 4. The van der Waals surface area contributed by atoms with Crippen molar-refractivity contribution in [1.82, 2.24) is 15.4 Å². The van der Waals surface area contributed by atoms with Crippen molar-refractivity contribution in [3.8, 4) is 0 Å². The molecule has 6 heteroatoms. The molecule has 6 nitrogen and oxygen atoms in total. The molecule has 2 heterocycles. The Bertz CT molecular complexity index is 458. The van der Waals surface area contributed by atoms with E-state index in [1.54, 1.807) is 17.9 Å². The number of amides is 2. The van der Waals surface area contributed by atoms with Crippen LogP contribution in [0, 0.1) is 5.92 Å². The number of rotatable bonds is 4. The number of nitrogens with zero attached hydrogens (tertiary/aromatic N) is 2. The van der Waals surface area contributed by atoms with E-state index in [4.69, 9.17) is 4.52 Å². The highest BCUT2D eigenvalue weighted by Crippen LogP contribution is 2.19. The van der Waals surface area contributed by atoms with Crippen LogP contribution in [0.2, 0.25) is 0 Å². The molecule has 1 fully saturated rings. The zero-order chi connectivity index (χ0) is 14.0. The molecule has 1 aromatic rings. The highest BCUT2D eigenvalue weighted by atomic mass is 16.5. The molecular formula is C13H19N3O3. The number of carbonyl (C=O) groups is 2. The zero-order valence-electron chi connectivity index (χ0n) is 11.4. The van der Waals surface area contributed by atoms with Gasteiger partial charge in [-0.3, -0.25) is 9.59 Å². The number of piperazine rings is 1. The summed E-state index contributed by atoms with van der Waals surface area (Å²) in [5.74, 6) is 0.515. The van der Waals surface area contributed by atoms with Gasteiger partial charge in [-0.05, 0) is 12.8 Å². The Morgan fingerprint density at radius 3 is 2.84 bits per heavy atom. The lowest BCUT2D eigenvalue weighted by Crippen LogP contribution is -2.63. The van der Waals surface area contributed by atoms with Crippen molar-refractivity contribution < 1.29 is 14.1 Å². The highest BCUT2D eigenvalue weighted by Gasteiger charge is 2.40. The normalized spacial score (nSPS) is 25.3. The summed E-state index contributed by atoms with van der Waals surface area (Å²) in [5.41, 5.74) is 0. The van der Waals surface area contributed by atoms with Gasteiger partial charge in [0.25, 0.3) is 0 Å². The summed E-state index contributed by atoms with van der Waals surface area (Å²) in [6.07, 6.45) is 2.36. The lowest BCUT2D eigenvalue weighted by atomic mass is 9.94. The molecule has 0 saturated carbocycles. The topological polar surface area (TPSA) is 75.4 Å². The summed E-state index contributed by atoms with van der Waals surface area (Å²) in [4.78, 5) is 26.0. The van der Waals surface area contributed by atoms with Crippen LogP contribution >= 0.6 is 0 Å². The van der Waals surface area contributed by atoms with Gasteiger partial charge in [0.2, 0.25) is 11.8 Å². The van der Waals surface area contributed by atoms with Gasteiger partial charge in [-0.15, -0.1) is 0 Å². The summed E-state index contributed by atoms with van der Waals surface area (Å²) in [5, 5.41) is 6.41. The molecule has 0 aromatic carbocycles. The van der Waals surface area contributed by atoms with Crippen molar-refractivity contribution in [2.75, 3.05) is 0 Å². The highest BCUT2D eigenvalue weighted by molar-refractivity contribution is 5.96. The molecule has 3 unspecified atom stereocenters. The van der Waals surface area contributed by atoms with Gasteiger partial charge in [-0.25, -0.2) is 0 Å². The Kier molecular flexibility index (Phi) is 3.87. The van der Waals surface area contributed by atoms with Crippen molar-refractivity contribution in [1.29, 1.82) is 0 Å². The van der Waals surface area contributed by atoms with E-state index in [0.717, 1.165) is 6.42 Å². The van der Waals surface area contributed by atoms with Crippen LogP contribution in [-0.2, 0) is 16.1 Å². The minimum atomic E-state index is -0.488. The SMILES string of the molecule is CCC(C)C1NC(=O)C(C)N(Cc2ccno2)C1=O. The van der Waals surface area contributed by atoms with E-state index in [-0.39, 0.29) is 24.3 Å². The van der Waals surface area contributed by atoms with Crippen LogP contribution in [0.4, 0.5) is 0 Å². The second kappa shape index (κ2) is 5.42. The van der Waals surface area contributed by atoms with Gasteiger partial charge < -0.3 is 14.7 Å². The van der Waals surface area contributed by atoms with E-state index < -0.39 is 12.1 Å². The van der Waals surface area contributed by atoms with Crippen molar-refractivity contribution >= 4 is 11.8 Å². The van der Waals surface area contributed by atoms with Crippen LogP contribution in [0.5, 0.6) is 0 Å². The van der Waals surface area contributed by atoms with Gasteiger partial charge >= 0.3 is 0 Å². The summed E-state index contributed by atoms with van der Waals surface area (Å²) in [6, 6.07) is 0.764. The smallest absolute Gasteiger partial charge is 0.246 e. The molecular weight excluding hydrogens is 246 g/mol. The number of nitrogens with one attached hydrogen (secondary N) is 1. The maximum absolute atomic E-state index is 12.5. The van der Waals surface area contributed by atoms with Crippen LogP contribution in [0.25, 0.3) is 0 Å². The maximum atomic E-state index is 12.5. The van der Waals surface area contributed by atoms with Crippen molar-refractivity contribution in [3.05, 3.63) is 18.0 Å². The summed E-state index contributed by atoms with van der Waals surface area (Å²) >= 11 is 0. The summed E-state index contributed by atoms with van der Waals surface area (Å²) in [6.45, 7) is 5.96. The van der Waals surface area contributed by atoms with Gasteiger partial charge in [0.1, 0.15) is 12.1 Å². The second-order valence-electron chi connectivity index (χ2n) is 4.99. The van der Waals surface area contributed by atoms with E-state index in [1.165, 1.54) is 6.20 Å². The number of carbonyl (C=O) groups excluding carboxylic acids is 2. The monoisotopic (exact) mass is 265 g/mol. The first-order chi connectivity index (χ1) is 9.04. The van der Waals surface area contributed by atoms with E-state index in [2.05, 4.69) is 10.5 Å². The van der Waals surface area contributed by atoms with Gasteiger partial charge in [-0.2, -0.15) is 0 Å². The molecule has 2 rings (SSSR count). The first-order valence-electron chi connectivity index (χ1n) is 6.55. The average molecular weight is 265 g/mol. The number of aromatic nitrogens is 1. The van der Waals surface area contributed by atoms with E-state index in [9.17, 15) is 9.59 Å². The van der Waals surface area contributed by atoms with Crippen LogP contribution < -0.4 is 5.32 Å². The average Bonchev–Trinajstić information content (AvgIpc) is 2.91. The van der Waals surface area contributed by atoms with Gasteiger partial charge in [0.15, 0.2) is 5.76 Å². The van der Waals surface area contributed by atoms with Crippen molar-refractivity contribution in [3.63, 3.8) is 0 Å². The first-order valence-corrected chi connectivity index (χ1v) is 6.55. The molecule has 1 aliphatic rings. The first kappa shape index (κ1) is 13.6. The Hall–Kier alpha value is -1.85.